The first-order valence-electron chi connectivity index (χ1n) is 6.36. The van der Waals surface area contributed by atoms with Crippen LogP contribution in [0, 0.1) is 19.8 Å². The zero-order chi connectivity index (χ0) is 13.7. The van der Waals surface area contributed by atoms with Crippen LogP contribution < -0.4 is 16.2 Å². The van der Waals surface area contributed by atoms with Gasteiger partial charge in [0.25, 0.3) is 0 Å². The Labute approximate surface area is 114 Å². The Bertz CT molecular complexity index is 403. The normalized spacial score (nSPS) is 11.1. The van der Waals surface area contributed by atoms with E-state index in [0.717, 1.165) is 33.9 Å². The van der Waals surface area contributed by atoms with Gasteiger partial charge in [-0.2, -0.15) is 0 Å². The highest BCUT2D eigenvalue weighted by atomic mass is 35.5. The van der Waals surface area contributed by atoms with Crippen molar-refractivity contribution in [2.45, 2.75) is 27.2 Å². The number of hydrogen-bond donors (Lipinski definition) is 2. The first kappa shape index (κ1) is 15.3. The molecule has 0 bridgehead atoms. The Balaban J connectivity index is 3.17. The predicted molar refractivity (Wildman–Crippen MR) is 77.4 cm³/mol. The molecule has 0 aromatic heterocycles. The summed E-state index contributed by atoms with van der Waals surface area (Å²) < 4.78 is 5.70. The lowest BCUT2D eigenvalue weighted by atomic mass is 9.94. The standard InChI is InChI=1S/C14H23ClN2O/c1-4-18-13-5-9(2)14(15)10(3)12(13)6-11(7-16)8-17/h5,11H,4,6-8,16-17H2,1-3H3. The third-order valence-electron chi connectivity index (χ3n) is 3.23. The van der Waals surface area contributed by atoms with Crippen LogP contribution in [-0.4, -0.2) is 19.7 Å². The fourth-order valence-corrected chi connectivity index (χ4v) is 2.22. The van der Waals surface area contributed by atoms with Crippen LogP contribution in [0.1, 0.15) is 23.6 Å². The average molecular weight is 271 g/mol. The molecule has 0 amide bonds. The summed E-state index contributed by atoms with van der Waals surface area (Å²) in [6, 6.07) is 2.00. The van der Waals surface area contributed by atoms with E-state index < -0.39 is 0 Å². The van der Waals surface area contributed by atoms with Crippen LogP contribution in [0.5, 0.6) is 5.75 Å². The van der Waals surface area contributed by atoms with Gasteiger partial charge in [-0.05, 0) is 69.0 Å². The lowest BCUT2D eigenvalue weighted by Gasteiger charge is -2.19. The van der Waals surface area contributed by atoms with Gasteiger partial charge in [-0.3, -0.25) is 0 Å². The highest BCUT2D eigenvalue weighted by molar-refractivity contribution is 6.32. The summed E-state index contributed by atoms with van der Waals surface area (Å²) >= 11 is 6.31. The smallest absolute Gasteiger partial charge is 0.123 e. The second kappa shape index (κ2) is 6.98. The highest BCUT2D eigenvalue weighted by Crippen LogP contribution is 2.33. The van der Waals surface area contributed by atoms with Crippen molar-refractivity contribution in [3.8, 4) is 5.75 Å². The number of ether oxygens (including phenoxy) is 1. The molecule has 102 valence electrons. The van der Waals surface area contributed by atoms with Gasteiger partial charge in [0.2, 0.25) is 0 Å². The Kier molecular flexibility index (Phi) is 5.93. The molecule has 0 saturated heterocycles. The summed E-state index contributed by atoms with van der Waals surface area (Å²) in [7, 11) is 0. The molecule has 4 heteroatoms. The molecule has 0 aliphatic carbocycles. The van der Waals surface area contributed by atoms with Crippen LogP contribution in [0.4, 0.5) is 0 Å². The average Bonchev–Trinajstić information content (AvgIpc) is 2.36. The zero-order valence-corrected chi connectivity index (χ0v) is 12.2. The molecule has 1 aromatic carbocycles. The van der Waals surface area contributed by atoms with Crippen molar-refractivity contribution in [1.29, 1.82) is 0 Å². The van der Waals surface area contributed by atoms with Gasteiger partial charge in [0, 0.05) is 5.02 Å². The van der Waals surface area contributed by atoms with Crippen molar-refractivity contribution < 1.29 is 4.74 Å². The Hall–Kier alpha value is -0.770. The van der Waals surface area contributed by atoms with Crippen molar-refractivity contribution >= 4 is 11.6 Å². The minimum atomic E-state index is 0.265. The molecule has 4 N–H and O–H groups in total. The maximum Gasteiger partial charge on any atom is 0.123 e. The second-order valence-electron chi connectivity index (χ2n) is 4.58. The Morgan fingerprint density at radius 2 is 1.89 bits per heavy atom. The van der Waals surface area contributed by atoms with Gasteiger partial charge in [0.1, 0.15) is 5.75 Å². The summed E-state index contributed by atoms with van der Waals surface area (Å²) in [6.07, 6.45) is 0.814. The quantitative estimate of drug-likeness (QED) is 0.835. The van der Waals surface area contributed by atoms with Crippen molar-refractivity contribution in [2.75, 3.05) is 19.7 Å². The van der Waals surface area contributed by atoms with E-state index in [2.05, 4.69) is 0 Å². The first-order valence-corrected chi connectivity index (χ1v) is 6.74. The van der Waals surface area contributed by atoms with E-state index in [4.69, 9.17) is 27.8 Å². The summed E-state index contributed by atoms with van der Waals surface area (Å²) in [6.45, 7) is 7.79. The van der Waals surface area contributed by atoms with E-state index in [0.29, 0.717) is 19.7 Å². The zero-order valence-electron chi connectivity index (χ0n) is 11.4. The van der Waals surface area contributed by atoms with Crippen molar-refractivity contribution in [3.63, 3.8) is 0 Å². The summed E-state index contributed by atoms with van der Waals surface area (Å²) in [5, 5.41) is 0.807. The van der Waals surface area contributed by atoms with Gasteiger partial charge in [-0.1, -0.05) is 11.6 Å². The highest BCUT2D eigenvalue weighted by Gasteiger charge is 2.16. The van der Waals surface area contributed by atoms with Crippen molar-refractivity contribution in [1.82, 2.24) is 0 Å². The molecule has 0 aliphatic rings. The van der Waals surface area contributed by atoms with E-state index in [1.165, 1.54) is 0 Å². The van der Waals surface area contributed by atoms with Gasteiger partial charge in [0.15, 0.2) is 0 Å². The Morgan fingerprint density at radius 3 is 2.39 bits per heavy atom. The van der Waals surface area contributed by atoms with E-state index in [9.17, 15) is 0 Å². The van der Waals surface area contributed by atoms with Gasteiger partial charge in [-0.25, -0.2) is 0 Å². The molecule has 0 unspecified atom stereocenters. The molecule has 1 aromatic rings. The molecule has 0 saturated carbocycles. The second-order valence-corrected chi connectivity index (χ2v) is 4.96. The van der Waals surface area contributed by atoms with E-state index >= 15 is 0 Å². The van der Waals surface area contributed by atoms with Crippen LogP contribution in [-0.2, 0) is 6.42 Å². The third kappa shape index (κ3) is 3.37. The number of benzene rings is 1. The van der Waals surface area contributed by atoms with Crippen LogP contribution in [0.3, 0.4) is 0 Å². The maximum atomic E-state index is 6.31. The number of hydrogen-bond acceptors (Lipinski definition) is 3. The fraction of sp³-hybridized carbons (Fsp3) is 0.571. The summed E-state index contributed by atoms with van der Waals surface area (Å²) in [5.41, 5.74) is 14.7. The molecule has 0 fully saturated rings. The number of nitrogens with two attached hydrogens (primary N) is 2. The fourth-order valence-electron chi connectivity index (χ4n) is 2.05. The number of rotatable bonds is 6. The first-order chi connectivity index (χ1) is 8.54. The van der Waals surface area contributed by atoms with Crippen LogP contribution in [0.15, 0.2) is 6.07 Å². The predicted octanol–water partition coefficient (Wildman–Crippen LogP) is 2.43. The summed E-state index contributed by atoms with van der Waals surface area (Å²) in [5.74, 6) is 1.17. The van der Waals surface area contributed by atoms with E-state index in [1.807, 2.05) is 26.8 Å². The van der Waals surface area contributed by atoms with E-state index in [1.54, 1.807) is 0 Å². The van der Waals surface area contributed by atoms with Gasteiger partial charge in [-0.15, -0.1) is 0 Å². The molecular weight excluding hydrogens is 248 g/mol. The lowest BCUT2D eigenvalue weighted by Crippen LogP contribution is -2.25. The van der Waals surface area contributed by atoms with Crippen LogP contribution >= 0.6 is 11.6 Å². The van der Waals surface area contributed by atoms with Crippen molar-refractivity contribution in [3.05, 3.63) is 27.8 Å². The minimum Gasteiger partial charge on any atom is -0.494 e. The number of halogens is 1. The Morgan fingerprint density at radius 1 is 1.28 bits per heavy atom. The van der Waals surface area contributed by atoms with Crippen molar-refractivity contribution in [2.24, 2.45) is 17.4 Å². The van der Waals surface area contributed by atoms with Gasteiger partial charge < -0.3 is 16.2 Å². The lowest BCUT2D eigenvalue weighted by molar-refractivity contribution is 0.333. The molecule has 0 radical (unpaired) electrons. The van der Waals surface area contributed by atoms with Gasteiger partial charge >= 0.3 is 0 Å². The molecular formula is C14H23ClN2O. The largest absolute Gasteiger partial charge is 0.494 e. The molecule has 0 spiro atoms. The molecule has 18 heavy (non-hydrogen) atoms. The minimum absolute atomic E-state index is 0.265. The third-order valence-corrected chi connectivity index (χ3v) is 3.81. The summed E-state index contributed by atoms with van der Waals surface area (Å²) in [4.78, 5) is 0. The van der Waals surface area contributed by atoms with Crippen LogP contribution in [0.2, 0.25) is 5.02 Å². The van der Waals surface area contributed by atoms with E-state index in [-0.39, 0.29) is 5.92 Å². The topological polar surface area (TPSA) is 61.3 Å². The number of aryl methyl sites for hydroxylation is 1. The molecule has 0 atom stereocenters. The monoisotopic (exact) mass is 270 g/mol. The molecule has 3 nitrogen and oxygen atoms in total. The molecule has 0 heterocycles. The maximum absolute atomic E-state index is 6.31. The SMILES string of the molecule is CCOc1cc(C)c(Cl)c(C)c1CC(CN)CN. The molecule has 1 rings (SSSR count). The van der Waals surface area contributed by atoms with Gasteiger partial charge in [0.05, 0.1) is 6.61 Å². The van der Waals surface area contributed by atoms with Crippen LogP contribution in [0.25, 0.3) is 0 Å². The molecule has 0 aliphatic heterocycles.